The number of aryl methyl sites for hydroxylation is 1. The molecule has 3 heterocycles. The first-order chi connectivity index (χ1) is 16.5. The third kappa shape index (κ3) is 3.75. The van der Waals surface area contributed by atoms with Crippen LogP contribution in [0.5, 0.6) is 0 Å². The SMILES string of the molecule is Cc1noc(-c2ccc3nc([C@H](C)C4CCC(c5ccnc6ccc(F)cc56)CC4)[nH]c3c2)n1. The van der Waals surface area contributed by atoms with Gasteiger partial charge in [-0.05, 0) is 92.5 Å². The van der Waals surface area contributed by atoms with Gasteiger partial charge in [0.05, 0.1) is 16.6 Å². The molecule has 0 aliphatic heterocycles. The van der Waals surface area contributed by atoms with E-state index in [0.717, 1.165) is 59.0 Å². The van der Waals surface area contributed by atoms with Crippen molar-refractivity contribution in [2.45, 2.75) is 51.4 Å². The van der Waals surface area contributed by atoms with E-state index in [4.69, 9.17) is 9.51 Å². The molecule has 0 radical (unpaired) electrons. The van der Waals surface area contributed by atoms with Crippen LogP contribution in [0, 0.1) is 18.7 Å². The molecule has 172 valence electrons. The fraction of sp³-hybridized carbons (Fsp3) is 0.333. The monoisotopic (exact) mass is 455 g/mol. The topological polar surface area (TPSA) is 80.5 Å². The maximum atomic E-state index is 13.9. The second kappa shape index (κ2) is 8.31. The van der Waals surface area contributed by atoms with E-state index in [0.29, 0.717) is 29.5 Å². The average molecular weight is 456 g/mol. The summed E-state index contributed by atoms with van der Waals surface area (Å²) in [5.41, 5.74) is 4.90. The first-order valence-corrected chi connectivity index (χ1v) is 11.9. The lowest BCUT2D eigenvalue weighted by Crippen LogP contribution is -2.19. The normalized spacial score (nSPS) is 19.6. The second-order valence-corrected chi connectivity index (χ2v) is 9.46. The van der Waals surface area contributed by atoms with Crippen LogP contribution in [0.4, 0.5) is 4.39 Å². The number of nitrogens with one attached hydrogen (secondary N) is 1. The molecule has 7 heteroatoms. The average Bonchev–Trinajstić information content (AvgIpc) is 3.49. The number of fused-ring (bicyclic) bond motifs is 2. The number of benzene rings is 2. The molecule has 0 unspecified atom stereocenters. The summed E-state index contributed by atoms with van der Waals surface area (Å²) in [4.78, 5) is 17.2. The third-order valence-electron chi connectivity index (χ3n) is 7.36. The van der Waals surface area contributed by atoms with Gasteiger partial charge in [0.2, 0.25) is 0 Å². The Kier molecular flexibility index (Phi) is 5.12. The highest BCUT2D eigenvalue weighted by atomic mass is 19.1. The number of imidazole rings is 1. The molecule has 34 heavy (non-hydrogen) atoms. The number of aromatic amines is 1. The van der Waals surface area contributed by atoms with E-state index >= 15 is 0 Å². The van der Waals surface area contributed by atoms with Crippen molar-refractivity contribution in [1.29, 1.82) is 0 Å². The highest BCUT2D eigenvalue weighted by Crippen LogP contribution is 2.43. The van der Waals surface area contributed by atoms with Crippen molar-refractivity contribution in [2.24, 2.45) is 5.92 Å². The van der Waals surface area contributed by atoms with Gasteiger partial charge in [-0.3, -0.25) is 4.98 Å². The summed E-state index contributed by atoms with van der Waals surface area (Å²) >= 11 is 0. The first-order valence-electron chi connectivity index (χ1n) is 11.9. The zero-order valence-electron chi connectivity index (χ0n) is 19.3. The Morgan fingerprint density at radius 2 is 1.82 bits per heavy atom. The molecule has 0 amide bonds. The van der Waals surface area contributed by atoms with Crippen molar-refractivity contribution < 1.29 is 8.91 Å². The van der Waals surface area contributed by atoms with E-state index in [9.17, 15) is 4.39 Å². The van der Waals surface area contributed by atoms with Gasteiger partial charge in [-0.25, -0.2) is 9.37 Å². The van der Waals surface area contributed by atoms with Crippen LogP contribution in [-0.2, 0) is 0 Å². The minimum atomic E-state index is -0.202. The highest BCUT2D eigenvalue weighted by molar-refractivity contribution is 5.82. The van der Waals surface area contributed by atoms with Gasteiger partial charge in [0, 0.05) is 23.1 Å². The van der Waals surface area contributed by atoms with Gasteiger partial charge in [-0.1, -0.05) is 12.1 Å². The molecule has 5 aromatic rings. The van der Waals surface area contributed by atoms with E-state index in [1.165, 1.54) is 11.6 Å². The molecule has 2 aromatic carbocycles. The van der Waals surface area contributed by atoms with Gasteiger partial charge < -0.3 is 9.51 Å². The summed E-state index contributed by atoms with van der Waals surface area (Å²) in [6, 6.07) is 12.9. The van der Waals surface area contributed by atoms with Gasteiger partial charge in [0.1, 0.15) is 11.6 Å². The van der Waals surface area contributed by atoms with Crippen molar-refractivity contribution in [3.8, 4) is 11.5 Å². The lowest BCUT2D eigenvalue weighted by Gasteiger charge is -2.32. The summed E-state index contributed by atoms with van der Waals surface area (Å²) in [6.07, 6.45) is 6.27. The zero-order chi connectivity index (χ0) is 23.2. The van der Waals surface area contributed by atoms with E-state index in [1.807, 2.05) is 31.3 Å². The molecule has 3 aromatic heterocycles. The van der Waals surface area contributed by atoms with Crippen molar-refractivity contribution in [2.75, 3.05) is 0 Å². The predicted octanol–water partition coefficient (Wildman–Crippen LogP) is 6.69. The van der Waals surface area contributed by atoms with Crippen molar-refractivity contribution in [3.05, 3.63) is 71.7 Å². The highest BCUT2D eigenvalue weighted by Gasteiger charge is 2.29. The van der Waals surface area contributed by atoms with Gasteiger partial charge in [0.25, 0.3) is 5.89 Å². The largest absolute Gasteiger partial charge is 0.342 e. The lowest BCUT2D eigenvalue weighted by atomic mass is 9.73. The quantitative estimate of drug-likeness (QED) is 0.327. The Morgan fingerprint density at radius 3 is 2.62 bits per heavy atom. The van der Waals surface area contributed by atoms with E-state index in [2.05, 4.69) is 33.1 Å². The molecular weight excluding hydrogens is 429 g/mol. The van der Waals surface area contributed by atoms with Crippen LogP contribution < -0.4 is 0 Å². The molecule has 1 N–H and O–H groups in total. The van der Waals surface area contributed by atoms with Crippen molar-refractivity contribution >= 4 is 21.9 Å². The number of pyridine rings is 1. The number of aromatic nitrogens is 5. The molecule has 0 bridgehead atoms. The van der Waals surface area contributed by atoms with Gasteiger partial charge in [-0.15, -0.1) is 0 Å². The molecular formula is C27H26FN5O. The molecule has 1 fully saturated rings. The number of hydrogen-bond donors (Lipinski definition) is 1. The maximum absolute atomic E-state index is 13.9. The number of halogens is 1. The van der Waals surface area contributed by atoms with E-state index in [1.54, 1.807) is 12.1 Å². The number of H-pyrrole nitrogens is 1. The second-order valence-electron chi connectivity index (χ2n) is 9.46. The number of nitrogens with zero attached hydrogens (tertiary/aromatic N) is 4. The van der Waals surface area contributed by atoms with Gasteiger partial charge in [0.15, 0.2) is 5.82 Å². The fourth-order valence-corrected chi connectivity index (χ4v) is 5.44. The summed E-state index contributed by atoms with van der Waals surface area (Å²) in [6.45, 7) is 4.08. The Hall–Kier alpha value is -3.61. The smallest absolute Gasteiger partial charge is 0.257 e. The van der Waals surface area contributed by atoms with Gasteiger partial charge in [-0.2, -0.15) is 4.98 Å². The number of hydrogen-bond acceptors (Lipinski definition) is 5. The van der Waals surface area contributed by atoms with E-state index in [-0.39, 0.29) is 5.82 Å². The third-order valence-corrected chi connectivity index (χ3v) is 7.36. The predicted molar refractivity (Wildman–Crippen MR) is 129 cm³/mol. The molecule has 0 saturated heterocycles. The maximum Gasteiger partial charge on any atom is 0.257 e. The van der Waals surface area contributed by atoms with Crippen LogP contribution in [0.15, 0.2) is 53.2 Å². The van der Waals surface area contributed by atoms with E-state index < -0.39 is 0 Å². The number of rotatable bonds is 4. The molecule has 1 saturated carbocycles. The molecule has 6 nitrogen and oxygen atoms in total. The van der Waals surface area contributed by atoms with Crippen LogP contribution in [0.1, 0.15) is 61.7 Å². The van der Waals surface area contributed by atoms with Crippen LogP contribution in [-0.4, -0.2) is 25.1 Å². The van der Waals surface area contributed by atoms with Crippen LogP contribution in [0.3, 0.4) is 0 Å². The molecule has 1 atom stereocenters. The Bertz CT molecular complexity index is 1480. The fourth-order valence-electron chi connectivity index (χ4n) is 5.44. The Balaban J connectivity index is 1.19. The summed E-state index contributed by atoms with van der Waals surface area (Å²) in [5.74, 6) is 3.28. The zero-order valence-corrected chi connectivity index (χ0v) is 19.3. The summed E-state index contributed by atoms with van der Waals surface area (Å²) in [7, 11) is 0. The Morgan fingerprint density at radius 1 is 1.00 bits per heavy atom. The first kappa shape index (κ1) is 21.0. The standard InChI is InChI=1S/C27H26FN5O/c1-15(26-31-24-9-7-19(13-25(24)32-26)27-30-16(2)33-34-27)17-3-5-18(6-4-17)21-11-12-29-23-10-8-20(28)14-22(21)23/h7-15,17-18H,3-6H2,1-2H3,(H,31,32)/t15-,17?,18?/m1/s1. The Labute approximate surface area is 196 Å². The van der Waals surface area contributed by atoms with Crippen LogP contribution in [0.2, 0.25) is 0 Å². The minimum Gasteiger partial charge on any atom is -0.342 e. The van der Waals surface area contributed by atoms with Crippen LogP contribution >= 0.6 is 0 Å². The molecule has 0 spiro atoms. The summed E-state index contributed by atoms with van der Waals surface area (Å²) in [5, 5.41) is 4.83. The van der Waals surface area contributed by atoms with Crippen LogP contribution in [0.25, 0.3) is 33.4 Å². The lowest BCUT2D eigenvalue weighted by molar-refractivity contribution is 0.286. The van der Waals surface area contributed by atoms with Crippen molar-refractivity contribution in [3.63, 3.8) is 0 Å². The minimum absolute atomic E-state index is 0.202. The molecule has 6 rings (SSSR count). The molecule has 1 aliphatic carbocycles. The van der Waals surface area contributed by atoms with Crippen molar-refractivity contribution in [1.82, 2.24) is 25.1 Å². The summed E-state index contributed by atoms with van der Waals surface area (Å²) < 4.78 is 19.2. The molecule has 1 aliphatic rings. The van der Waals surface area contributed by atoms with Gasteiger partial charge >= 0.3 is 0 Å².